The van der Waals surface area contributed by atoms with Gasteiger partial charge in [0.05, 0.1) is 32.1 Å². The third-order valence-electron chi connectivity index (χ3n) is 5.75. The summed E-state index contributed by atoms with van der Waals surface area (Å²) in [6.45, 7) is 2.64. The number of rotatable bonds is 1. The van der Waals surface area contributed by atoms with Crippen LogP contribution >= 0.6 is 0 Å². The van der Waals surface area contributed by atoms with Gasteiger partial charge in [-0.25, -0.2) is 0 Å². The van der Waals surface area contributed by atoms with Crippen LogP contribution in [0.2, 0.25) is 0 Å². The second-order valence-electron chi connectivity index (χ2n) is 6.77. The molecule has 3 unspecified atom stereocenters. The van der Waals surface area contributed by atoms with Gasteiger partial charge in [-0.2, -0.15) is 0 Å². The first-order valence-corrected chi connectivity index (χ1v) is 7.59. The number of carbonyl (C=O) groups is 1. The number of quaternary nitrogens is 1. The van der Waals surface area contributed by atoms with Gasteiger partial charge in [-0.05, 0) is 38.5 Å². The van der Waals surface area contributed by atoms with Crippen molar-refractivity contribution in [2.24, 2.45) is 11.8 Å². The van der Waals surface area contributed by atoms with Crippen LogP contribution in [0.5, 0.6) is 0 Å². The smallest absolute Gasteiger partial charge is 0.144 e. The summed E-state index contributed by atoms with van der Waals surface area (Å²) in [7, 11) is 2.42. The van der Waals surface area contributed by atoms with E-state index in [0.717, 1.165) is 0 Å². The lowest BCUT2D eigenvalue weighted by Gasteiger charge is -2.50. The normalized spacial score (nSPS) is 38.9. The molecular formula is C15H26INO. The molecule has 18 heavy (non-hydrogen) atoms. The van der Waals surface area contributed by atoms with Gasteiger partial charge in [0, 0.05) is 12.3 Å². The molecule has 3 rings (SSSR count). The van der Waals surface area contributed by atoms with Gasteiger partial charge in [0.1, 0.15) is 5.78 Å². The highest BCUT2D eigenvalue weighted by molar-refractivity contribution is 5.85. The highest BCUT2D eigenvalue weighted by Crippen LogP contribution is 2.42. The van der Waals surface area contributed by atoms with Gasteiger partial charge in [0.15, 0.2) is 0 Å². The van der Waals surface area contributed by atoms with Crippen molar-refractivity contribution in [3.63, 3.8) is 0 Å². The van der Waals surface area contributed by atoms with Crippen molar-refractivity contribution in [1.29, 1.82) is 0 Å². The molecule has 1 saturated heterocycles. The van der Waals surface area contributed by atoms with E-state index in [1.807, 2.05) is 0 Å². The minimum atomic E-state index is 0. The Bertz CT molecular complexity index is 312. The predicted octanol–water partition coefficient (Wildman–Crippen LogP) is -0.231. The van der Waals surface area contributed by atoms with Crippen LogP contribution in [-0.2, 0) is 4.79 Å². The Kier molecular flexibility index (Phi) is 4.74. The molecule has 0 spiro atoms. The van der Waals surface area contributed by atoms with Crippen molar-refractivity contribution in [3.05, 3.63) is 0 Å². The molecular weight excluding hydrogens is 337 g/mol. The second-order valence-corrected chi connectivity index (χ2v) is 6.77. The number of carbonyl (C=O) groups excluding carboxylic acids is 1. The SMILES string of the molecule is C[N+]1(C2CCC3CCCC2C3=O)CCCCC1.[I-]. The molecule has 0 N–H and O–H groups in total. The van der Waals surface area contributed by atoms with Crippen LogP contribution in [0.15, 0.2) is 0 Å². The Morgan fingerprint density at radius 1 is 0.944 bits per heavy atom. The summed E-state index contributed by atoms with van der Waals surface area (Å²) in [5.74, 6) is 1.50. The zero-order valence-corrected chi connectivity index (χ0v) is 13.7. The number of ketones is 1. The van der Waals surface area contributed by atoms with Crippen molar-refractivity contribution in [1.82, 2.24) is 0 Å². The summed E-state index contributed by atoms with van der Waals surface area (Å²) >= 11 is 0. The Hall–Kier alpha value is 0.360. The zero-order chi connectivity index (χ0) is 11.9. The number of halogens is 1. The minimum Gasteiger partial charge on any atom is -1.00 e. The molecule has 3 fully saturated rings. The van der Waals surface area contributed by atoms with Crippen molar-refractivity contribution in [3.8, 4) is 0 Å². The van der Waals surface area contributed by atoms with E-state index >= 15 is 0 Å². The quantitative estimate of drug-likeness (QED) is 0.465. The first-order chi connectivity index (χ1) is 8.21. The van der Waals surface area contributed by atoms with E-state index in [-0.39, 0.29) is 24.0 Å². The van der Waals surface area contributed by atoms with Gasteiger partial charge in [-0.15, -0.1) is 0 Å². The monoisotopic (exact) mass is 363 g/mol. The second kappa shape index (κ2) is 5.78. The summed E-state index contributed by atoms with van der Waals surface area (Å²) in [6, 6.07) is 0.666. The lowest BCUT2D eigenvalue weighted by Crippen LogP contribution is -3.00. The molecule has 2 bridgehead atoms. The van der Waals surface area contributed by atoms with E-state index in [1.165, 1.54) is 68.9 Å². The maximum Gasteiger partial charge on any atom is 0.144 e. The van der Waals surface area contributed by atoms with E-state index in [1.54, 1.807) is 0 Å². The van der Waals surface area contributed by atoms with Crippen molar-refractivity contribution < 1.29 is 33.3 Å². The Balaban J connectivity index is 0.00000120. The molecule has 104 valence electrons. The van der Waals surface area contributed by atoms with Gasteiger partial charge >= 0.3 is 0 Å². The zero-order valence-electron chi connectivity index (χ0n) is 11.5. The molecule has 0 aromatic heterocycles. The van der Waals surface area contributed by atoms with Crippen LogP contribution in [-0.4, -0.2) is 36.4 Å². The maximum atomic E-state index is 12.4. The van der Waals surface area contributed by atoms with Crippen LogP contribution in [0, 0.1) is 11.8 Å². The number of Topliss-reactive ketones (excluding diaryl/α,β-unsaturated/α-hetero) is 1. The first kappa shape index (κ1) is 14.8. The molecule has 2 nitrogen and oxygen atoms in total. The fraction of sp³-hybridized carbons (Fsp3) is 0.933. The third kappa shape index (κ3) is 2.49. The van der Waals surface area contributed by atoms with Crippen LogP contribution < -0.4 is 24.0 Å². The van der Waals surface area contributed by atoms with E-state index in [9.17, 15) is 4.79 Å². The number of likely N-dealkylation sites (tertiary alicyclic amines) is 1. The van der Waals surface area contributed by atoms with Gasteiger partial charge in [0.25, 0.3) is 0 Å². The number of hydrogen-bond donors (Lipinski definition) is 0. The molecule has 1 aliphatic heterocycles. The molecule has 2 saturated carbocycles. The summed E-state index contributed by atoms with van der Waals surface area (Å²) in [4.78, 5) is 12.4. The average Bonchev–Trinajstić information content (AvgIpc) is 2.29. The Morgan fingerprint density at radius 2 is 1.67 bits per heavy atom. The van der Waals surface area contributed by atoms with Crippen molar-refractivity contribution in [2.45, 2.75) is 57.4 Å². The van der Waals surface area contributed by atoms with Crippen LogP contribution in [0.25, 0.3) is 0 Å². The third-order valence-corrected chi connectivity index (χ3v) is 5.75. The summed E-state index contributed by atoms with van der Waals surface area (Å²) < 4.78 is 1.21. The molecule has 0 amide bonds. The van der Waals surface area contributed by atoms with E-state index < -0.39 is 0 Å². The van der Waals surface area contributed by atoms with E-state index in [4.69, 9.17) is 0 Å². The van der Waals surface area contributed by atoms with Crippen LogP contribution in [0.4, 0.5) is 0 Å². The first-order valence-electron chi connectivity index (χ1n) is 7.59. The predicted molar refractivity (Wildman–Crippen MR) is 68.6 cm³/mol. The van der Waals surface area contributed by atoms with Crippen molar-refractivity contribution >= 4 is 5.78 Å². The molecule has 3 atom stereocenters. The summed E-state index contributed by atoms with van der Waals surface area (Å²) in [5.41, 5.74) is 0. The lowest BCUT2D eigenvalue weighted by atomic mass is 9.67. The van der Waals surface area contributed by atoms with Gasteiger partial charge in [-0.1, -0.05) is 6.42 Å². The minimum absolute atomic E-state index is 0. The maximum absolute atomic E-state index is 12.4. The highest BCUT2D eigenvalue weighted by Gasteiger charge is 2.48. The van der Waals surface area contributed by atoms with E-state index in [0.29, 0.717) is 23.7 Å². The molecule has 3 aliphatic rings. The number of fused-ring (bicyclic) bond motifs is 2. The number of nitrogens with zero attached hydrogens (tertiary/aromatic N) is 1. The molecule has 3 heteroatoms. The number of piperidine rings is 1. The molecule has 2 aliphatic carbocycles. The fourth-order valence-corrected chi connectivity index (χ4v) is 4.73. The standard InChI is InChI=1S/C15H26NO.HI/c1-16(10-3-2-4-11-16)14-9-8-12-6-5-7-13(14)15(12)17;/h12-14H,2-11H2,1H3;1H/q+1;/p-1. The highest BCUT2D eigenvalue weighted by atomic mass is 127. The molecule has 0 radical (unpaired) electrons. The summed E-state index contributed by atoms with van der Waals surface area (Å²) in [5, 5.41) is 0. The topological polar surface area (TPSA) is 17.1 Å². The van der Waals surface area contributed by atoms with Crippen LogP contribution in [0.3, 0.4) is 0 Å². The van der Waals surface area contributed by atoms with E-state index in [2.05, 4.69) is 7.05 Å². The Labute approximate surface area is 128 Å². The average molecular weight is 363 g/mol. The molecule has 0 aromatic rings. The molecule has 0 aromatic carbocycles. The van der Waals surface area contributed by atoms with Gasteiger partial charge < -0.3 is 28.5 Å². The lowest BCUT2D eigenvalue weighted by molar-refractivity contribution is -0.941. The number of hydrogen-bond acceptors (Lipinski definition) is 1. The van der Waals surface area contributed by atoms with Crippen molar-refractivity contribution in [2.75, 3.05) is 20.1 Å². The van der Waals surface area contributed by atoms with Gasteiger partial charge in [-0.3, -0.25) is 4.79 Å². The van der Waals surface area contributed by atoms with Gasteiger partial charge in [0.2, 0.25) is 0 Å². The largest absolute Gasteiger partial charge is 1.00 e. The van der Waals surface area contributed by atoms with Crippen LogP contribution in [0.1, 0.15) is 51.4 Å². The summed E-state index contributed by atoms with van der Waals surface area (Å²) in [6.07, 6.45) is 10.3. The Morgan fingerprint density at radius 3 is 2.39 bits per heavy atom. The molecule has 1 heterocycles. The fourth-order valence-electron chi connectivity index (χ4n) is 4.73.